The Labute approximate surface area is 172 Å². The highest BCUT2D eigenvalue weighted by Crippen LogP contribution is 2.25. The van der Waals surface area contributed by atoms with Crippen LogP contribution < -0.4 is 5.32 Å². The summed E-state index contributed by atoms with van der Waals surface area (Å²) in [6.45, 7) is 6.92. The largest absolute Gasteiger partial charge is 0.444 e. The van der Waals surface area contributed by atoms with Gasteiger partial charge in [0.25, 0.3) is 0 Å². The number of amides is 3. The SMILES string of the molecule is CC(C)(C)OC(=O)N1CCC(C#Cc2ccc(C3CCC(=O)NC3=O)cc2)CC1. The Morgan fingerprint density at radius 3 is 2.34 bits per heavy atom. The molecular weight excluding hydrogens is 368 g/mol. The minimum absolute atomic E-state index is 0.202. The molecule has 29 heavy (non-hydrogen) atoms. The molecule has 1 N–H and O–H groups in total. The number of hydrogen-bond donors (Lipinski definition) is 1. The molecule has 0 radical (unpaired) electrons. The third-order valence-corrected chi connectivity index (χ3v) is 5.12. The second kappa shape index (κ2) is 8.69. The van der Waals surface area contributed by atoms with Crippen LogP contribution in [0.25, 0.3) is 0 Å². The first-order valence-electron chi connectivity index (χ1n) is 10.1. The van der Waals surface area contributed by atoms with Crippen molar-refractivity contribution in [2.24, 2.45) is 5.92 Å². The van der Waals surface area contributed by atoms with Gasteiger partial charge >= 0.3 is 6.09 Å². The fourth-order valence-corrected chi connectivity index (χ4v) is 3.53. The lowest BCUT2D eigenvalue weighted by Crippen LogP contribution is -2.41. The van der Waals surface area contributed by atoms with Crippen LogP contribution in [0.4, 0.5) is 4.79 Å². The van der Waals surface area contributed by atoms with Gasteiger partial charge in [0, 0.05) is 31.0 Å². The number of imide groups is 1. The Bertz CT molecular complexity index is 834. The highest BCUT2D eigenvalue weighted by molar-refractivity contribution is 6.00. The first-order chi connectivity index (χ1) is 13.7. The van der Waals surface area contributed by atoms with Crippen LogP contribution in [-0.4, -0.2) is 41.5 Å². The molecule has 1 unspecified atom stereocenters. The summed E-state index contributed by atoms with van der Waals surface area (Å²) in [4.78, 5) is 37.1. The molecule has 2 aliphatic heterocycles. The van der Waals surface area contributed by atoms with Crippen LogP contribution in [-0.2, 0) is 14.3 Å². The molecule has 154 valence electrons. The van der Waals surface area contributed by atoms with Gasteiger partial charge in [-0.2, -0.15) is 0 Å². The minimum atomic E-state index is -0.478. The minimum Gasteiger partial charge on any atom is -0.444 e. The smallest absolute Gasteiger partial charge is 0.410 e. The van der Waals surface area contributed by atoms with Crippen molar-refractivity contribution < 1.29 is 19.1 Å². The van der Waals surface area contributed by atoms with Crippen molar-refractivity contribution in [1.29, 1.82) is 0 Å². The molecule has 2 heterocycles. The Morgan fingerprint density at radius 1 is 1.10 bits per heavy atom. The van der Waals surface area contributed by atoms with Crippen molar-refractivity contribution in [3.63, 3.8) is 0 Å². The van der Waals surface area contributed by atoms with Crippen LogP contribution in [0, 0.1) is 17.8 Å². The summed E-state index contributed by atoms with van der Waals surface area (Å²) in [6, 6.07) is 7.66. The lowest BCUT2D eigenvalue weighted by atomic mass is 9.90. The number of carbonyl (C=O) groups excluding carboxylic acids is 3. The van der Waals surface area contributed by atoms with Crippen molar-refractivity contribution in [2.45, 2.75) is 58.0 Å². The third kappa shape index (κ3) is 5.83. The average Bonchev–Trinajstić information content (AvgIpc) is 2.66. The van der Waals surface area contributed by atoms with Crippen LogP contribution in [0.5, 0.6) is 0 Å². The maximum atomic E-state index is 12.1. The van der Waals surface area contributed by atoms with Gasteiger partial charge in [-0.05, 0) is 57.7 Å². The Hall–Kier alpha value is -2.81. The predicted octanol–water partition coefficient (Wildman–Crippen LogP) is 3.21. The number of rotatable bonds is 1. The van der Waals surface area contributed by atoms with Crippen molar-refractivity contribution in [3.8, 4) is 11.8 Å². The molecule has 3 rings (SSSR count). The molecule has 6 heteroatoms. The lowest BCUT2D eigenvalue weighted by molar-refractivity contribution is -0.134. The predicted molar refractivity (Wildman–Crippen MR) is 109 cm³/mol. The monoisotopic (exact) mass is 396 g/mol. The van der Waals surface area contributed by atoms with E-state index in [1.54, 1.807) is 4.90 Å². The van der Waals surface area contributed by atoms with Crippen molar-refractivity contribution in [1.82, 2.24) is 10.2 Å². The van der Waals surface area contributed by atoms with Gasteiger partial charge < -0.3 is 9.64 Å². The van der Waals surface area contributed by atoms with E-state index in [9.17, 15) is 14.4 Å². The number of benzene rings is 1. The zero-order valence-electron chi connectivity index (χ0n) is 17.3. The Balaban J connectivity index is 1.53. The highest BCUT2D eigenvalue weighted by atomic mass is 16.6. The van der Waals surface area contributed by atoms with Gasteiger partial charge in [0.1, 0.15) is 5.60 Å². The molecular formula is C23H28N2O4. The van der Waals surface area contributed by atoms with Crippen LogP contribution in [0.15, 0.2) is 24.3 Å². The average molecular weight is 396 g/mol. The normalized spacial score (nSPS) is 20.5. The Kier molecular flexibility index (Phi) is 6.26. The molecule has 0 bridgehead atoms. The molecule has 2 aliphatic rings. The maximum Gasteiger partial charge on any atom is 0.410 e. The van der Waals surface area contributed by atoms with Gasteiger partial charge in [0.2, 0.25) is 11.8 Å². The van der Waals surface area contributed by atoms with Gasteiger partial charge in [0.15, 0.2) is 0 Å². The van der Waals surface area contributed by atoms with Crippen molar-refractivity contribution in [3.05, 3.63) is 35.4 Å². The van der Waals surface area contributed by atoms with Crippen LogP contribution in [0.1, 0.15) is 63.5 Å². The zero-order valence-corrected chi connectivity index (χ0v) is 17.3. The molecule has 0 aromatic heterocycles. The second-order valence-electron chi connectivity index (χ2n) is 8.64. The number of ether oxygens (including phenoxy) is 1. The number of nitrogens with zero attached hydrogens (tertiary/aromatic N) is 1. The molecule has 2 fully saturated rings. The first-order valence-corrected chi connectivity index (χ1v) is 10.1. The number of hydrogen-bond acceptors (Lipinski definition) is 4. The van der Waals surface area contributed by atoms with E-state index in [4.69, 9.17) is 4.74 Å². The summed E-state index contributed by atoms with van der Waals surface area (Å²) in [5, 5.41) is 2.39. The van der Waals surface area contributed by atoms with Crippen LogP contribution >= 0.6 is 0 Å². The lowest BCUT2D eigenvalue weighted by Gasteiger charge is -2.31. The van der Waals surface area contributed by atoms with Crippen molar-refractivity contribution >= 4 is 17.9 Å². The third-order valence-electron chi connectivity index (χ3n) is 5.12. The fourth-order valence-electron chi connectivity index (χ4n) is 3.53. The maximum absolute atomic E-state index is 12.1. The number of likely N-dealkylation sites (tertiary alicyclic amines) is 1. The van der Waals surface area contributed by atoms with E-state index in [1.807, 2.05) is 45.0 Å². The van der Waals surface area contributed by atoms with E-state index in [0.29, 0.717) is 25.9 Å². The summed E-state index contributed by atoms with van der Waals surface area (Å²) >= 11 is 0. The van der Waals surface area contributed by atoms with Gasteiger partial charge in [-0.15, -0.1) is 0 Å². The summed E-state index contributed by atoms with van der Waals surface area (Å²) in [5.74, 6) is 6.07. The van der Waals surface area contributed by atoms with E-state index in [2.05, 4.69) is 17.2 Å². The number of carbonyl (C=O) groups is 3. The molecule has 6 nitrogen and oxygen atoms in total. The quantitative estimate of drug-likeness (QED) is 0.584. The topological polar surface area (TPSA) is 75.7 Å². The van der Waals surface area contributed by atoms with E-state index >= 15 is 0 Å². The molecule has 1 atom stereocenters. The van der Waals surface area contributed by atoms with E-state index < -0.39 is 5.60 Å². The van der Waals surface area contributed by atoms with Crippen LogP contribution in [0.2, 0.25) is 0 Å². The first kappa shape index (κ1) is 20.9. The zero-order chi connectivity index (χ0) is 21.0. The molecule has 0 aliphatic carbocycles. The van der Waals surface area contributed by atoms with Crippen LogP contribution in [0.3, 0.4) is 0 Å². The molecule has 0 spiro atoms. The highest BCUT2D eigenvalue weighted by Gasteiger charge is 2.28. The Morgan fingerprint density at radius 2 is 1.76 bits per heavy atom. The second-order valence-corrected chi connectivity index (χ2v) is 8.64. The van der Waals surface area contributed by atoms with Crippen molar-refractivity contribution in [2.75, 3.05) is 13.1 Å². The van der Waals surface area contributed by atoms with Gasteiger partial charge in [-0.3, -0.25) is 14.9 Å². The fraction of sp³-hybridized carbons (Fsp3) is 0.522. The van der Waals surface area contributed by atoms with E-state index in [-0.39, 0.29) is 29.7 Å². The van der Waals surface area contributed by atoms with Gasteiger partial charge in [-0.1, -0.05) is 24.0 Å². The molecule has 1 aromatic carbocycles. The summed E-state index contributed by atoms with van der Waals surface area (Å²) in [5.41, 5.74) is 1.33. The number of piperidine rings is 2. The summed E-state index contributed by atoms with van der Waals surface area (Å²) in [7, 11) is 0. The number of nitrogens with one attached hydrogen (secondary N) is 1. The van der Waals surface area contributed by atoms with E-state index in [1.165, 1.54) is 0 Å². The summed E-state index contributed by atoms with van der Waals surface area (Å²) < 4.78 is 5.42. The van der Waals surface area contributed by atoms with E-state index in [0.717, 1.165) is 24.0 Å². The molecule has 3 amide bonds. The molecule has 0 saturated carbocycles. The summed E-state index contributed by atoms with van der Waals surface area (Å²) in [6.07, 6.45) is 2.33. The molecule has 2 saturated heterocycles. The van der Waals surface area contributed by atoms with Gasteiger partial charge in [0.05, 0.1) is 5.92 Å². The molecule has 1 aromatic rings. The standard InChI is InChI=1S/C23H28N2O4/c1-23(2,3)29-22(28)25-14-12-17(13-15-25)5-4-16-6-8-18(9-7-16)19-10-11-20(26)24-21(19)27/h6-9,17,19H,10-15H2,1-3H3,(H,24,26,27). The van der Waals surface area contributed by atoms with Gasteiger partial charge in [-0.25, -0.2) is 4.79 Å².